The van der Waals surface area contributed by atoms with Crippen molar-refractivity contribution in [1.82, 2.24) is 10.2 Å². The molecule has 106 valence electrons. The number of nitrogens with one attached hydrogen (secondary N) is 1. The Hall–Kier alpha value is -1.84. The molecule has 2 aliphatic rings. The molecule has 0 radical (unpaired) electrons. The van der Waals surface area contributed by atoms with Gasteiger partial charge in [-0.05, 0) is 30.9 Å². The average Bonchev–Trinajstić information content (AvgIpc) is 3.20. The third-order valence-corrected chi connectivity index (χ3v) is 4.23. The van der Waals surface area contributed by atoms with Crippen molar-refractivity contribution in [1.29, 1.82) is 0 Å². The van der Waals surface area contributed by atoms with Gasteiger partial charge in [-0.1, -0.05) is 24.3 Å². The quantitative estimate of drug-likeness (QED) is 0.905. The summed E-state index contributed by atoms with van der Waals surface area (Å²) in [6.07, 6.45) is 2.57. The first kappa shape index (κ1) is 13.2. The fourth-order valence-corrected chi connectivity index (χ4v) is 2.78. The maximum Gasteiger partial charge on any atom is 0.225 e. The predicted octanol–water partition coefficient (Wildman–Crippen LogP) is 1.62. The number of carbonyl (C=O) groups is 2. The highest BCUT2D eigenvalue weighted by atomic mass is 16.2. The van der Waals surface area contributed by atoms with Crippen molar-refractivity contribution < 1.29 is 9.59 Å². The largest absolute Gasteiger partial charge is 0.352 e. The normalized spacial score (nSPS) is 22.1. The highest BCUT2D eigenvalue weighted by molar-refractivity contribution is 5.89. The molecule has 3 rings (SSSR count). The number of rotatable bonds is 4. The second kappa shape index (κ2) is 5.27. The van der Waals surface area contributed by atoms with Gasteiger partial charge in [0.15, 0.2) is 0 Å². The molecule has 0 aromatic heterocycles. The minimum absolute atomic E-state index is 0.00440. The van der Waals surface area contributed by atoms with Crippen LogP contribution < -0.4 is 5.32 Å². The topological polar surface area (TPSA) is 49.4 Å². The summed E-state index contributed by atoms with van der Waals surface area (Å²) in [6.45, 7) is 3.18. The molecular weight excluding hydrogens is 252 g/mol. The van der Waals surface area contributed by atoms with Crippen molar-refractivity contribution >= 4 is 11.8 Å². The Labute approximate surface area is 119 Å². The lowest BCUT2D eigenvalue weighted by Gasteiger charge is -2.15. The number of benzene rings is 1. The van der Waals surface area contributed by atoms with Crippen LogP contribution in [-0.4, -0.2) is 29.3 Å². The lowest BCUT2D eigenvalue weighted by molar-refractivity contribution is -0.129. The molecule has 0 spiro atoms. The molecule has 4 heteroatoms. The molecule has 1 unspecified atom stereocenters. The molecule has 1 aliphatic carbocycles. The van der Waals surface area contributed by atoms with E-state index in [4.69, 9.17) is 0 Å². The van der Waals surface area contributed by atoms with Gasteiger partial charge >= 0.3 is 0 Å². The first-order valence-corrected chi connectivity index (χ1v) is 7.27. The van der Waals surface area contributed by atoms with Gasteiger partial charge in [0.2, 0.25) is 11.8 Å². The van der Waals surface area contributed by atoms with E-state index in [-0.39, 0.29) is 17.7 Å². The van der Waals surface area contributed by atoms with Crippen LogP contribution in [-0.2, 0) is 16.1 Å². The van der Waals surface area contributed by atoms with Crippen molar-refractivity contribution in [2.75, 3.05) is 6.54 Å². The van der Waals surface area contributed by atoms with E-state index in [2.05, 4.69) is 5.32 Å². The molecule has 1 saturated heterocycles. The van der Waals surface area contributed by atoms with Gasteiger partial charge in [-0.15, -0.1) is 0 Å². The molecule has 2 fully saturated rings. The predicted molar refractivity (Wildman–Crippen MR) is 75.9 cm³/mol. The Morgan fingerprint density at radius 3 is 2.80 bits per heavy atom. The van der Waals surface area contributed by atoms with Crippen molar-refractivity contribution in [2.24, 2.45) is 5.92 Å². The molecule has 1 aromatic carbocycles. The second-order valence-electron chi connectivity index (χ2n) is 5.82. The van der Waals surface area contributed by atoms with Crippen molar-refractivity contribution in [3.8, 4) is 0 Å². The zero-order valence-corrected chi connectivity index (χ0v) is 11.8. The zero-order chi connectivity index (χ0) is 14.1. The number of carbonyl (C=O) groups excluding carboxylic acids is 2. The summed E-state index contributed by atoms with van der Waals surface area (Å²) in [5, 5.41) is 2.96. The first-order valence-electron chi connectivity index (χ1n) is 7.27. The van der Waals surface area contributed by atoms with Gasteiger partial charge in [0.1, 0.15) is 0 Å². The highest BCUT2D eigenvalue weighted by Gasteiger charge is 2.41. The summed E-state index contributed by atoms with van der Waals surface area (Å²) in [6, 6.07) is 8.43. The van der Waals surface area contributed by atoms with Crippen LogP contribution in [0.4, 0.5) is 0 Å². The molecule has 1 aliphatic heterocycles. The van der Waals surface area contributed by atoms with Crippen molar-refractivity contribution in [3.63, 3.8) is 0 Å². The number of nitrogens with zero attached hydrogens (tertiary/aromatic N) is 1. The van der Waals surface area contributed by atoms with Crippen LogP contribution in [0.2, 0.25) is 0 Å². The van der Waals surface area contributed by atoms with Gasteiger partial charge in [0, 0.05) is 25.6 Å². The molecule has 1 N–H and O–H groups in total. The fourth-order valence-electron chi connectivity index (χ4n) is 2.78. The summed E-state index contributed by atoms with van der Waals surface area (Å²) in [5.74, 6) is -0.0274. The molecule has 2 amide bonds. The summed E-state index contributed by atoms with van der Waals surface area (Å²) in [7, 11) is 0. The van der Waals surface area contributed by atoms with E-state index in [9.17, 15) is 9.59 Å². The third kappa shape index (κ3) is 2.69. The van der Waals surface area contributed by atoms with Gasteiger partial charge in [-0.25, -0.2) is 0 Å². The highest BCUT2D eigenvalue weighted by Crippen LogP contribution is 2.32. The van der Waals surface area contributed by atoms with Crippen LogP contribution >= 0.6 is 0 Å². The number of hydrogen-bond acceptors (Lipinski definition) is 2. The molecule has 1 saturated carbocycles. The summed E-state index contributed by atoms with van der Waals surface area (Å²) < 4.78 is 0. The molecule has 1 aromatic rings. The molecule has 1 atom stereocenters. The molecule has 4 nitrogen and oxygen atoms in total. The Balaban J connectivity index is 1.55. The van der Waals surface area contributed by atoms with E-state index in [1.165, 1.54) is 5.56 Å². The van der Waals surface area contributed by atoms with Gasteiger partial charge in [-0.2, -0.15) is 0 Å². The maximum atomic E-state index is 12.2. The van der Waals surface area contributed by atoms with Crippen LogP contribution in [0.1, 0.15) is 30.4 Å². The van der Waals surface area contributed by atoms with E-state index < -0.39 is 0 Å². The fraction of sp³-hybridized carbons (Fsp3) is 0.500. The monoisotopic (exact) mass is 272 g/mol. The summed E-state index contributed by atoms with van der Waals surface area (Å²) in [4.78, 5) is 25.9. The summed E-state index contributed by atoms with van der Waals surface area (Å²) in [5.41, 5.74) is 2.30. The zero-order valence-electron chi connectivity index (χ0n) is 11.8. The van der Waals surface area contributed by atoms with Crippen LogP contribution in [0, 0.1) is 12.8 Å². The van der Waals surface area contributed by atoms with Gasteiger partial charge in [0.25, 0.3) is 0 Å². The molecule has 20 heavy (non-hydrogen) atoms. The third-order valence-electron chi connectivity index (χ3n) is 4.23. The summed E-state index contributed by atoms with van der Waals surface area (Å²) >= 11 is 0. The maximum absolute atomic E-state index is 12.2. The van der Waals surface area contributed by atoms with Crippen molar-refractivity contribution in [2.45, 2.75) is 38.8 Å². The first-order chi connectivity index (χ1) is 9.65. The number of amides is 2. The van der Waals surface area contributed by atoms with Gasteiger partial charge in [0.05, 0.1) is 5.92 Å². The minimum atomic E-state index is -0.174. The molecule has 0 bridgehead atoms. The van der Waals surface area contributed by atoms with Crippen LogP contribution in [0.3, 0.4) is 0 Å². The van der Waals surface area contributed by atoms with E-state index >= 15 is 0 Å². The lowest BCUT2D eigenvalue weighted by atomic mass is 10.1. The SMILES string of the molecule is Cc1ccccc1CNC(=O)C1CC(=O)N(C2CC2)C1. The smallest absolute Gasteiger partial charge is 0.225 e. The minimum Gasteiger partial charge on any atom is -0.352 e. The number of hydrogen-bond donors (Lipinski definition) is 1. The van der Waals surface area contributed by atoms with Crippen molar-refractivity contribution in [3.05, 3.63) is 35.4 Å². The average molecular weight is 272 g/mol. The van der Waals surface area contributed by atoms with E-state index in [1.807, 2.05) is 36.1 Å². The van der Waals surface area contributed by atoms with E-state index in [1.54, 1.807) is 0 Å². The van der Waals surface area contributed by atoms with Crippen LogP contribution in [0.15, 0.2) is 24.3 Å². The molecule has 1 heterocycles. The Kier molecular flexibility index (Phi) is 3.47. The molecular formula is C16H20N2O2. The Morgan fingerprint density at radius 1 is 1.35 bits per heavy atom. The standard InChI is InChI=1S/C16H20N2O2/c1-11-4-2-3-5-12(11)9-17-16(20)13-8-15(19)18(10-13)14-6-7-14/h2-5,13-14H,6-10H2,1H3,(H,17,20). The second-order valence-corrected chi connectivity index (χ2v) is 5.82. The van der Waals surface area contributed by atoms with E-state index in [0.29, 0.717) is 25.6 Å². The lowest BCUT2D eigenvalue weighted by Crippen LogP contribution is -2.33. The Morgan fingerprint density at radius 2 is 2.10 bits per heavy atom. The van der Waals surface area contributed by atoms with Crippen LogP contribution in [0.5, 0.6) is 0 Å². The van der Waals surface area contributed by atoms with Crippen LogP contribution in [0.25, 0.3) is 0 Å². The number of aryl methyl sites for hydroxylation is 1. The van der Waals surface area contributed by atoms with Gasteiger partial charge < -0.3 is 10.2 Å². The van der Waals surface area contributed by atoms with Gasteiger partial charge in [-0.3, -0.25) is 9.59 Å². The number of likely N-dealkylation sites (tertiary alicyclic amines) is 1. The van der Waals surface area contributed by atoms with E-state index in [0.717, 1.165) is 18.4 Å². The Bertz CT molecular complexity index is 537.